The Morgan fingerprint density at radius 2 is 2.33 bits per heavy atom. The average molecular weight is 250 g/mol. The van der Waals surface area contributed by atoms with E-state index >= 15 is 0 Å². The van der Waals surface area contributed by atoms with Crippen molar-refractivity contribution in [3.8, 4) is 11.8 Å². The van der Waals surface area contributed by atoms with E-state index in [0.29, 0.717) is 0 Å². The van der Waals surface area contributed by atoms with Crippen molar-refractivity contribution in [3.05, 3.63) is 34.6 Å². The lowest BCUT2D eigenvalue weighted by atomic mass is 10.2. The van der Waals surface area contributed by atoms with Crippen LogP contribution in [0.15, 0.2) is 24.5 Å². The Kier molecular flexibility index (Phi) is 3.06. The third-order valence-electron chi connectivity index (χ3n) is 2.12. The molecule has 1 aromatic heterocycles. The largest absolute Gasteiger partial charge is 0.416 e. The van der Waals surface area contributed by atoms with Gasteiger partial charge in [0.1, 0.15) is 12.0 Å². The second-order valence-corrected chi connectivity index (χ2v) is 3.36. The van der Waals surface area contributed by atoms with Crippen molar-refractivity contribution in [3.63, 3.8) is 0 Å². The fourth-order valence-electron chi connectivity index (χ4n) is 1.37. The quantitative estimate of drug-likeness (QED) is 0.467. The molecule has 9 heteroatoms. The summed E-state index contributed by atoms with van der Waals surface area (Å²) < 4.78 is 6.68. The molecular weight excluding hydrogens is 240 g/mol. The van der Waals surface area contributed by atoms with Crippen molar-refractivity contribution in [2.24, 2.45) is 12.9 Å². The first-order valence-corrected chi connectivity index (χ1v) is 4.89. The zero-order chi connectivity index (χ0) is 13.1. The van der Waals surface area contributed by atoms with Gasteiger partial charge in [-0.25, -0.2) is 0 Å². The van der Waals surface area contributed by atoms with E-state index in [4.69, 9.17) is 10.6 Å². The highest BCUT2D eigenvalue weighted by Gasteiger charge is 2.21. The summed E-state index contributed by atoms with van der Waals surface area (Å²) >= 11 is 0. The summed E-state index contributed by atoms with van der Waals surface area (Å²) in [7, 11) is 1.66. The van der Waals surface area contributed by atoms with E-state index < -0.39 is 4.92 Å². The number of nitro benzene ring substituents is 1. The van der Waals surface area contributed by atoms with Gasteiger partial charge < -0.3 is 10.2 Å². The second-order valence-electron chi connectivity index (χ2n) is 3.36. The van der Waals surface area contributed by atoms with Gasteiger partial charge in [-0.2, -0.15) is 4.98 Å². The number of anilines is 1. The van der Waals surface area contributed by atoms with Gasteiger partial charge in [0, 0.05) is 7.05 Å². The van der Waals surface area contributed by atoms with E-state index in [0.717, 1.165) is 0 Å². The first kappa shape index (κ1) is 11.8. The molecule has 2 rings (SSSR count). The van der Waals surface area contributed by atoms with Gasteiger partial charge in [-0.3, -0.25) is 20.6 Å². The number of para-hydroxylation sites is 1. The average Bonchev–Trinajstić information content (AvgIpc) is 2.74. The molecule has 0 atom stereocenters. The lowest BCUT2D eigenvalue weighted by Gasteiger charge is -2.06. The molecular formula is C9H10N6O3. The number of nitrogens with one attached hydrogen (secondary N) is 1. The van der Waals surface area contributed by atoms with E-state index in [-0.39, 0.29) is 23.1 Å². The zero-order valence-corrected chi connectivity index (χ0v) is 9.40. The zero-order valence-electron chi connectivity index (χ0n) is 9.40. The lowest BCUT2D eigenvalue weighted by molar-refractivity contribution is -0.384. The Morgan fingerprint density at radius 1 is 1.56 bits per heavy atom. The number of benzene rings is 1. The van der Waals surface area contributed by atoms with Crippen molar-refractivity contribution >= 4 is 11.4 Å². The highest BCUT2D eigenvalue weighted by atomic mass is 16.6. The van der Waals surface area contributed by atoms with Gasteiger partial charge in [-0.15, -0.1) is 5.10 Å². The molecule has 0 bridgehead atoms. The van der Waals surface area contributed by atoms with Crippen molar-refractivity contribution < 1.29 is 9.66 Å². The van der Waals surface area contributed by atoms with Crippen LogP contribution in [0.2, 0.25) is 0 Å². The van der Waals surface area contributed by atoms with Gasteiger partial charge in [0.15, 0.2) is 0 Å². The van der Waals surface area contributed by atoms with Gasteiger partial charge in [0.25, 0.3) is 0 Å². The minimum Gasteiger partial charge on any atom is -0.416 e. The molecule has 0 saturated carbocycles. The molecule has 1 aromatic carbocycles. The van der Waals surface area contributed by atoms with E-state index in [9.17, 15) is 10.1 Å². The number of nitrogen functional groups attached to an aromatic ring is 1. The second kappa shape index (κ2) is 4.67. The summed E-state index contributed by atoms with van der Waals surface area (Å²) in [5, 5.41) is 14.9. The first-order chi connectivity index (χ1) is 8.61. The third kappa shape index (κ3) is 2.20. The molecule has 0 unspecified atom stereocenters. The van der Waals surface area contributed by atoms with Crippen LogP contribution in [-0.4, -0.2) is 19.7 Å². The molecule has 0 aliphatic heterocycles. The first-order valence-electron chi connectivity index (χ1n) is 4.89. The Balaban J connectivity index is 2.41. The fraction of sp³-hybridized carbons (Fsp3) is 0.111. The predicted octanol–water partition coefficient (Wildman–Crippen LogP) is 0.801. The standard InChI is InChI=1S/C9H10N6O3/c1-14-5-11-9(13-14)18-7-4-2-3-6(12-10)8(7)15(16)17/h2-5,12H,10H2,1H3. The molecule has 18 heavy (non-hydrogen) atoms. The minimum absolute atomic E-state index is 0.0154. The maximum atomic E-state index is 11.0. The Hall–Kier alpha value is -2.68. The number of rotatable bonds is 4. The molecule has 0 aliphatic rings. The van der Waals surface area contributed by atoms with E-state index in [1.807, 2.05) is 0 Å². The summed E-state index contributed by atoms with van der Waals surface area (Å²) in [4.78, 5) is 14.2. The summed E-state index contributed by atoms with van der Waals surface area (Å²) in [6, 6.07) is 4.50. The van der Waals surface area contributed by atoms with Crippen LogP contribution >= 0.6 is 0 Å². The van der Waals surface area contributed by atoms with Crippen molar-refractivity contribution in [2.75, 3.05) is 5.43 Å². The summed E-state index contributed by atoms with van der Waals surface area (Å²) in [5.41, 5.74) is 2.12. The van der Waals surface area contributed by atoms with Crippen LogP contribution in [-0.2, 0) is 7.05 Å². The molecule has 0 amide bonds. The summed E-state index contributed by atoms with van der Waals surface area (Å²) in [6.45, 7) is 0. The highest BCUT2D eigenvalue weighted by Crippen LogP contribution is 2.35. The van der Waals surface area contributed by atoms with Crippen LogP contribution in [0.25, 0.3) is 0 Å². The molecule has 9 nitrogen and oxygen atoms in total. The van der Waals surface area contributed by atoms with E-state index in [1.54, 1.807) is 13.1 Å². The van der Waals surface area contributed by atoms with Crippen LogP contribution < -0.4 is 16.0 Å². The van der Waals surface area contributed by atoms with Crippen LogP contribution in [0.5, 0.6) is 11.8 Å². The SMILES string of the molecule is Cn1cnc(Oc2cccc(NN)c2[N+](=O)[O-])n1. The summed E-state index contributed by atoms with van der Waals surface area (Å²) in [5.74, 6) is 5.22. The molecule has 2 aromatic rings. The Bertz CT molecular complexity index is 581. The normalized spacial score (nSPS) is 10.1. The monoisotopic (exact) mass is 250 g/mol. The third-order valence-corrected chi connectivity index (χ3v) is 2.12. The minimum atomic E-state index is -0.590. The van der Waals surface area contributed by atoms with Gasteiger partial charge in [0.2, 0.25) is 5.75 Å². The number of nitrogens with zero attached hydrogens (tertiary/aromatic N) is 4. The van der Waals surface area contributed by atoms with Gasteiger partial charge in [0.05, 0.1) is 4.92 Å². The van der Waals surface area contributed by atoms with Crippen LogP contribution in [0.1, 0.15) is 0 Å². The maximum Gasteiger partial charge on any atom is 0.341 e. The molecule has 94 valence electrons. The smallest absolute Gasteiger partial charge is 0.341 e. The Labute approximate surface area is 101 Å². The number of aromatic nitrogens is 3. The topological polar surface area (TPSA) is 121 Å². The van der Waals surface area contributed by atoms with Gasteiger partial charge >= 0.3 is 11.7 Å². The van der Waals surface area contributed by atoms with Crippen molar-refractivity contribution in [1.82, 2.24) is 14.8 Å². The van der Waals surface area contributed by atoms with Crippen LogP contribution in [0.3, 0.4) is 0 Å². The molecule has 0 aliphatic carbocycles. The number of nitro groups is 1. The number of hydrogen-bond acceptors (Lipinski definition) is 7. The molecule has 0 spiro atoms. The Morgan fingerprint density at radius 3 is 2.89 bits per heavy atom. The van der Waals surface area contributed by atoms with E-state index in [2.05, 4.69) is 15.5 Å². The van der Waals surface area contributed by atoms with Crippen molar-refractivity contribution in [2.45, 2.75) is 0 Å². The maximum absolute atomic E-state index is 11.0. The molecule has 0 radical (unpaired) electrons. The molecule has 0 saturated heterocycles. The number of hydrogen-bond donors (Lipinski definition) is 2. The van der Waals surface area contributed by atoms with Gasteiger partial charge in [-0.1, -0.05) is 6.07 Å². The lowest BCUT2D eigenvalue weighted by Crippen LogP contribution is -2.09. The molecule has 0 fully saturated rings. The predicted molar refractivity (Wildman–Crippen MR) is 62.0 cm³/mol. The highest BCUT2D eigenvalue weighted by molar-refractivity contribution is 5.68. The summed E-state index contributed by atoms with van der Waals surface area (Å²) in [6.07, 6.45) is 1.42. The van der Waals surface area contributed by atoms with E-state index in [1.165, 1.54) is 23.1 Å². The van der Waals surface area contributed by atoms with Crippen molar-refractivity contribution in [1.29, 1.82) is 0 Å². The number of ether oxygens (including phenoxy) is 1. The van der Waals surface area contributed by atoms with Crippen LogP contribution in [0.4, 0.5) is 11.4 Å². The molecule has 3 N–H and O–H groups in total. The van der Waals surface area contributed by atoms with Gasteiger partial charge in [-0.05, 0) is 12.1 Å². The molecule has 1 heterocycles. The fourth-order valence-corrected chi connectivity index (χ4v) is 1.37. The van der Waals surface area contributed by atoms with Crippen LogP contribution in [0, 0.1) is 10.1 Å². The number of nitrogens with two attached hydrogens (primary N) is 1. The number of aryl methyl sites for hydroxylation is 1. The number of hydrazine groups is 1.